The predicted molar refractivity (Wildman–Crippen MR) is 66.7 cm³/mol. The third-order valence-electron chi connectivity index (χ3n) is 3.04. The molecule has 2 rings (SSSR count). The van der Waals surface area contributed by atoms with Gasteiger partial charge in [0, 0.05) is 32.5 Å². The molecule has 2 heterocycles. The molecule has 98 valence electrons. The number of rotatable bonds is 4. The third kappa shape index (κ3) is 2.98. The number of hydrogen-bond acceptors (Lipinski definition) is 4. The highest BCUT2D eigenvalue weighted by Gasteiger charge is 2.20. The molecule has 1 fully saturated rings. The Bertz CT molecular complexity index is 399. The summed E-state index contributed by atoms with van der Waals surface area (Å²) in [6, 6.07) is 3.41. The number of likely N-dealkylation sites (N-methyl/N-ethyl adjacent to an activating group) is 1. The van der Waals surface area contributed by atoms with Gasteiger partial charge in [-0.15, -0.1) is 0 Å². The van der Waals surface area contributed by atoms with Gasteiger partial charge in [0.25, 0.3) is 5.91 Å². The van der Waals surface area contributed by atoms with Crippen molar-refractivity contribution in [2.45, 2.75) is 18.9 Å². The van der Waals surface area contributed by atoms with Gasteiger partial charge in [-0.05, 0) is 18.9 Å². The van der Waals surface area contributed by atoms with E-state index < -0.39 is 0 Å². The van der Waals surface area contributed by atoms with Gasteiger partial charge in [0.15, 0.2) is 0 Å². The molecule has 0 N–H and O–H groups in total. The smallest absolute Gasteiger partial charge is 0.255 e. The summed E-state index contributed by atoms with van der Waals surface area (Å²) in [7, 11) is 3.33. The zero-order valence-corrected chi connectivity index (χ0v) is 10.8. The van der Waals surface area contributed by atoms with Crippen LogP contribution in [0.2, 0.25) is 0 Å². The lowest BCUT2D eigenvalue weighted by Crippen LogP contribution is -2.34. The van der Waals surface area contributed by atoms with Crippen LogP contribution in [-0.4, -0.2) is 49.2 Å². The number of methoxy groups -OCH3 is 1. The molecule has 0 radical (unpaired) electrons. The molecule has 0 bridgehead atoms. The van der Waals surface area contributed by atoms with Crippen LogP contribution in [0, 0.1) is 0 Å². The van der Waals surface area contributed by atoms with Crippen molar-refractivity contribution in [1.82, 2.24) is 9.88 Å². The molecule has 0 spiro atoms. The van der Waals surface area contributed by atoms with E-state index in [4.69, 9.17) is 9.47 Å². The number of nitrogens with zero attached hydrogens (tertiary/aromatic N) is 2. The number of aromatic nitrogens is 1. The summed E-state index contributed by atoms with van der Waals surface area (Å²) < 4.78 is 10.5. The fraction of sp³-hybridized carbons (Fsp3) is 0.538. The van der Waals surface area contributed by atoms with Crippen LogP contribution in [0.15, 0.2) is 18.3 Å². The van der Waals surface area contributed by atoms with Gasteiger partial charge in [0.1, 0.15) is 0 Å². The Morgan fingerprint density at radius 2 is 2.44 bits per heavy atom. The second-order valence-corrected chi connectivity index (χ2v) is 4.41. The van der Waals surface area contributed by atoms with Gasteiger partial charge in [-0.25, -0.2) is 4.98 Å². The number of carbonyl (C=O) groups excluding carboxylic acids is 1. The molecule has 1 aromatic heterocycles. The minimum Gasteiger partial charge on any atom is -0.481 e. The lowest BCUT2D eigenvalue weighted by molar-refractivity contribution is 0.0586. The van der Waals surface area contributed by atoms with Crippen molar-refractivity contribution in [1.29, 1.82) is 0 Å². The summed E-state index contributed by atoms with van der Waals surface area (Å²) in [5, 5.41) is 0. The highest BCUT2D eigenvalue weighted by Crippen LogP contribution is 2.14. The maximum atomic E-state index is 12.1. The Kier molecular flexibility index (Phi) is 4.15. The van der Waals surface area contributed by atoms with Gasteiger partial charge >= 0.3 is 0 Å². The van der Waals surface area contributed by atoms with Crippen molar-refractivity contribution in [2.75, 3.05) is 27.3 Å². The topological polar surface area (TPSA) is 51.7 Å². The lowest BCUT2D eigenvalue weighted by Gasteiger charge is -2.20. The first-order valence-corrected chi connectivity index (χ1v) is 6.08. The van der Waals surface area contributed by atoms with Crippen LogP contribution in [0.3, 0.4) is 0 Å². The number of amides is 1. The Labute approximate surface area is 107 Å². The molecule has 1 atom stereocenters. The van der Waals surface area contributed by atoms with Crippen LogP contribution < -0.4 is 4.74 Å². The number of ether oxygens (including phenoxy) is 2. The fourth-order valence-corrected chi connectivity index (χ4v) is 2.02. The Hall–Kier alpha value is -1.62. The predicted octanol–water partition coefficient (Wildman–Crippen LogP) is 1.34. The van der Waals surface area contributed by atoms with Gasteiger partial charge in [-0.2, -0.15) is 0 Å². The minimum absolute atomic E-state index is 0.0411. The van der Waals surface area contributed by atoms with Crippen LogP contribution in [0.4, 0.5) is 0 Å². The minimum atomic E-state index is -0.0411. The molecule has 0 unspecified atom stereocenters. The molecule has 1 aliphatic rings. The van der Waals surface area contributed by atoms with E-state index in [1.807, 2.05) is 0 Å². The highest BCUT2D eigenvalue weighted by atomic mass is 16.5. The summed E-state index contributed by atoms with van der Waals surface area (Å²) in [5.74, 6) is 0.467. The van der Waals surface area contributed by atoms with Crippen molar-refractivity contribution in [2.24, 2.45) is 0 Å². The van der Waals surface area contributed by atoms with Crippen molar-refractivity contribution >= 4 is 5.91 Å². The van der Waals surface area contributed by atoms with E-state index in [0.29, 0.717) is 18.0 Å². The van der Waals surface area contributed by atoms with E-state index in [0.717, 1.165) is 19.4 Å². The van der Waals surface area contributed by atoms with E-state index >= 15 is 0 Å². The van der Waals surface area contributed by atoms with Crippen molar-refractivity contribution in [3.8, 4) is 5.88 Å². The Balaban J connectivity index is 1.95. The SMILES string of the molecule is COc1ccc(C(=O)N(C)C[C@H]2CCCO2)cn1. The first-order chi connectivity index (χ1) is 8.70. The monoisotopic (exact) mass is 250 g/mol. The van der Waals surface area contributed by atoms with Crippen LogP contribution in [-0.2, 0) is 4.74 Å². The molecule has 1 amide bonds. The van der Waals surface area contributed by atoms with Crippen molar-refractivity contribution < 1.29 is 14.3 Å². The molecule has 1 saturated heterocycles. The molecule has 0 aromatic carbocycles. The van der Waals surface area contributed by atoms with E-state index in [9.17, 15) is 4.79 Å². The quantitative estimate of drug-likeness (QED) is 0.809. The van der Waals surface area contributed by atoms with E-state index in [-0.39, 0.29) is 12.0 Å². The van der Waals surface area contributed by atoms with Crippen molar-refractivity contribution in [3.05, 3.63) is 23.9 Å². The molecule has 0 saturated carbocycles. The van der Waals surface area contributed by atoms with Gasteiger partial charge in [-0.3, -0.25) is 4.79 Å². The third-order valence-corrected chi connectivity index (χ3v) is 3.04. The highest BCUT2D eigenvalue weighted by molar-refractivity contribution is 5.93. The van der Waals surface area contributed by atoms with E-state index in [1.165, 1.54) is 6.20 Å². The lowest BCUT2D eigenvalue weighted by atomic mass is 10.2. The molecule has 18 heavy (non-hydrogen) atoms. The van der Waals surface area contributed by atoms with Crippen LogP contribution in [0.25, 0.3) is 0 Å². The molecule has 5 heteroatoms. The maximum absolute atomic E-state index is 12.1. The standard InChI is InChI=1S/C13H18N2O3/c1-15(9-11-4-3-7-18-11)13(16)10-5-6-12(17-2)14-8-10/h5-6,8,11H,3-4,7,9H2,1-2H3/t11-/m1/s1. The summed E-state index contributed by atoms with van der Waals surface area (Å²) in [6.07, 6.45) is 3.81. The first kappa shape index (κ1) is 12.8. The Morgan fingerprint density at radius 3 is 3.00 bits per heavy atom. The summed E-state index contributed by atoms with van der Waals surface area (Å²) in [4.78, 5) is 17.8. The van der Waals surface area contributed by atoms with Crippen LogP contribution in [0.1, 0.15) is 23.2 Å². The molecule has 1 aromatic rings. The van der Waals surface area contributed by atoms with E-state index in [2.05, 4.69) is 4.98 Å². The molecular formula is C13H18N2O3. The van der Waals surface area contributed by atoms with Crippen LogP contribution >= 0.6 is 0 Å². The van der Waals surface area contributed by atoms with Crippen LogP contribution in [0.5, 0.6) is 5.88 Å². The van der Waals surface area contributed by atoms with Gasteiger partial charge in [0.2, 0.25) is 5.88 Å². The number of hydrogen-bond donors (Lipinski definition) is 0. The second kappa shape index (κ2) is 5.82. The molecule has 0 aliphatic carbocycles. The summed E-state index contributed by atoms with van der Waals surface area (Å²) in [5.41, 5.74) is 0.566. The first-order valence-electron chi connectivity index (χ1n) is 6.08. The average molecular weight is 250 g/mol. The largest absolute Gasteiger partial charge is 0.481 e. The van der Waals surface area contributed by atoms with Gasteiger partial charge in [0.05, 0.1) is 18.8 Å². The number of pyridine rings is 1. The summed E-state index contributed by atoms with van der Waals surface area (Å²) >= 11 is 0. The van der Waals surface area contributed by atoms with Gasteiger partial charge < -0.3 is 14.4 Å². The molecule has 5 nitrogen and oxygen atoms in total. The number of carbonyl (C=O) groups is 1. The van der Waals surface area contributed by atoms with E-state index in [1.54, 1.807) is 31.2 Å². The average Bonchev–Trinajstić information content (AvgIpc) is 2.91. The normalized spacial score (nSPS) is 18.7. The molecule has 1 aliphatic heterocycles. The fourth-order valence-electron chi connectivity index (χ4n) is 2.02. The second-order valence-electron chi connectivity index (χ2n) is 4.41. The zero-order chi connectivity index (χ0) is 13.0. The van der Waals surface area contributed by atoms with Crippen molar-refractivity contribution in [3.63, 3.8) is 0 Å². The maximum Gasteiger partial charge on any atom is 0.255 e. The Morgan fingerprint density at radius 1 is 1.61 bits per heavy atom. The van der Waals surface area contributed by atoms with Gasteiger partial charge in [-0.1, -0.05) is 0 Å². The molecular weight excluding hydrogens is 232 g/mol. The summed E-state index contributed by atoms with van der Waals surface area (Å²) in [6.45, 7) is 1.43. The zero-order valence-electron chi connectivity index (χ0n) is 10.8.